The predicted octanol–water partition coefficient (Wildman–Crippen LogP) is 3.49. The smallest absolute Gasteiger partial charge is 0.333 e. The van der Waals surface area contributed by atoms with Crippen molar-refractivity contribution < 1.29 is 0 Å². The van der Waals surface area contributed by atoms with E-state index in [4.69, 9.17) is 0 Å². The highest BCUT2D eigenvalue weighted by Crippen LogP contribution is 2.23. The maximum atomic E-state index is 13.1. The van der Waals surface area contributed by atoms with E-state index in [2.05, 4.69) is 38.7 Å². The molecule has 1 aliphatic rings. The van der Waals surface area contributed by atoms with Crippen LogP contribution in [-0.4, -0.2) is 36.7 Å². The number of imidazole rings is 2. The first kappa shape index (κ1) is 18.6. The lowest BCUT2D eigenvalue weighted by atomic mass is 10.1. The monoisotopic (exact) mass is 399 g/mol. The van der Waals surface area contributed by atoms with Crippen LogP contribution in [0.1, 0.15) is 18.3 Å². The molecule has 1 saturated heterocycles. The third kappa shape index (κ3) is 3.50. The molecule has 0 saturated carbocycles. The van der Waals surface area contributed by atoms with Crippen LogP contribution < -0.4 is 5.69 Å². The van der Waals surface area contributed by atoms with Gasteiger partial charge in [-0.25, -0.2) is 9.78 Å². The van der Waals surface area contributed by atoms with E-state index < -0.39 is 0 Å². The number of nitrogens with zero attached hydrogens (tertiary/aromatic N) is 5. The molecule has 3 heterocycles. The van der Waals surface area contributed by atoms with Gasteiger partial charge < -0.3 is 4.57 Å². The first-order valence-corrected chi connectivity index (χ1v) is 10.3. The van der Waals surface area contributed by atoms with Crippen molar-refractivity contribution in [1.82, 2.24) is 23.6 Å². The van der Waals surface area contributed by atoms with E-state index in [-0.39, 0.29) is 11.7 Å². The first-order valence-electron chi connectivity index (χ1n) is 10.3. The third-order valence-corrected chi connectivity index (χ3v) is 5.98. The Labute approximate surface area is 175 Å². The van der Waals surface area contributed by atoms with Crippen LogP contribution in [0.5, 0.6) is 0 Å². The molecule has 4 aromatic rings. The second kappa shape index (κ2) is 7.80. The molecule has 5 rings (SSSR count). The Morgan fingerprint density at radius 1 is 0.967 bits per heavy atom. The van der Waals surface area contributed by atoms with E-state index in [9.17, 15) is 4.79 Å². The van der Waals surface area contributed by atoms with E-state index in [1.54, 1.807) is 4.57 Å². The minimum absolute atomic E-state index is 0.0197. The molecule has 152 valence electrons. The molecule has 0 amide bonds. The summed E-state index contributed by atoms with van der Waals surface area (Å²) in [5, 5.41) is 0. The normalized spacial score (nSPS) is 16.9. The molecule has 1 fully saturated rings. The van der Waals surface area contributed by atoms with Crippen molar-refractivity contribution in [3.05, 3.63) is 95.7 Å². The van der Waals surface area contributed by atoms with Gasteiger partial charge in [-0.05, 0) is 29.7 Å². The maximum Gasteiger partial charge on any atom is 0.333 e. The molecule has 0 aliphatic carbocycles. The van der Waals surface area contributed by atoms with Gasteiger partial charge in [0, 0.05) is 44.9 Å². The summed E-state index contributed by atoms with van der Waals surface area (Å²) in [6.45, 7) is 2.65. The number of aryl methyl sites for hydroxylation is 1. The van der Waals surface area contributed by atoms with Crippen LogP contribution in [0.4, 0.5) is 0 Å². The predicted molar refractivity (Wildman–Crippen MR) is 118 cm³/mol. The standard InChI is InChI=1S/C24H25N5O/c1-26-14-12-25-23(26)18-27-13-11-22(17-27)29-16-15-28(24(29)30)21-9-7-20(8-10-21)19-5-3-2-4-6-19/h2-10,12,14-16,22H,11,13,17-18H2,1H3/t22-/m0/s1. The van der Waals surface area contributed by atoms with Gasteiger partial charge in [0.25, 0.3) is 0 Å². The number of likely N-dealkylation sites (tertiary alicyclic amines) is 1. The van der Waals surface area contributed by atoms with Crippen molar-refractivity contribution in [2.75, 3.05) is 13.1 Å². The Bertz CT molecular complexity index is 1190. The summed E-state index contributed by atoms with van der Waals surface area (Å²) in [6.07, 6.45) is 8.57. The first-order chi connectivity index (χ1) is 14.7. The second-order valence-corrected chi connectivity index (χ2v) is 7.90. The zero-order valence-electron chi connectivity index (χ0n) is 17.1. The van der Waals surface area contributed by atoms with Gasteiger partial charge in [0.2, 0.25) is 0 Å². The van der Waals surface area contributed by atoms with E-state index >= 15 is 0 Å². The molecule has 0 radical (unpaired) electrons. The molecule has 2 aromatic heterocycles. The summed E-state index contributed by atoms with van der Waals surface area (Å²) in [5.74, 6) is 1.05. The molecule has 0 bridgehead atoms. The van der Waals surface area contributed by atoms with E-state index in [0.717, 1.165) is 43.1 Å². The van der Waals surface area contributed by atoms with Crippen molar-refractivity contribution in [1.29, 1.82) is 0 Å². The van der Waals surface area contributed by atoms with Gasteiger partial charge in [-0.15, -0.1) is 0 Å². The van der Waals surface area contributed by atoms with Crippen LogP contribution in [0.15, 0.2) is 84.2 Å². The van der Waals surface area contributed by atoms with Crippen molar-refractivity contribution in [3.8, 4) is 16.8 Å². The van der Waals surface area contributed by atoms with Crippen LogP contribution in [0.2, 0.25) is 0 Å². The maximum absolute atomic E-state index is 13.1. The summed E-state index contributed by atoms with van der Waals surface area (Å²) >= 11 is 0. The van der Waals surface area contributed by atoms with Gasteiger partial charge in [-0.3, -0.25) is 14.0 Å². The number of hydrogen-bond acceptors (Lipinski definition) is 3. The number of hydrogen-bond donors (Lipinski definition) is 0. The van der Waals surface area contributed by atoms with Crippen LogP contribution in [0.25, 0.3) is 16.8 Å². The topological polar surface area (TPSA) is 48.0 Å². The molecule has 1 aliphatic heterocycles. The fraction of sp³-hybridized carbons (Fsp3) is 0.250. The van der Waals surface area contributed by atoms with Crippen molar-refractivity contribution in [3.63, 3.8) is 0 Å². The summed E-state index contributed by atoms with van der Waals surface area (Å²) in [4.78, 5) is 19.9. The van der Waals surface area contributed by atoms with Crippen molar-refractivity contribution in [2.45, 2.75) is 19.0 Å². The summed E-state index contributed by atoms with van der Waals surface area (Å²) in [7, 11) is 2.02. The Morgan fingerprint density at radius 3 is 2.47 bits per heavy atom. The minimum atomic E-state index is 0.0197. The highest BCUT2D eigenvalue weighted by atomic mass is 16.1. The van der Waals surface area contributed by atoms with Gasteiger partial charge >= 0.3 is 5.69 Å². The molecule has 0 N–H and O–H groups in total. The molecule has 0 unspecified atom stereocenters. The lowest BCUT2D eigenvalue weighted by molar-refractivity contribution is 0.304. The van der Waals surface area contributed by atoms with Gasteiger partial charge in [0.05, 0.1) is 18.3 Å². The summed E-state index contributed by atoms with van der Waals surface area (Å²) in [5.41, 5.74) is 3.23. The highest BCUT2D eigenvalue weighted by Gasteiger charge is 2.26. The fourth-order valence-corrected chi connectivity index (χ4v) is 4.24. The fourth-order valence-electron chi connectivity index (χ4n) is 4.24. The molecular formula is C24H25N5O. The Balaban J connectivity index is 1.32. The van der Waals surface area contributed by atoms with E-state index in [0.29, 0.717) is 0 Å². The van der Waals surface area contributed by atoms with Crippen molar-refractivity contribution in [2.24, 2.45) is 7.05 Å². The van der Waals surface area contributed by atoms with Gasteiger partial charge in [0.1, 0.15) is 5.82 Å². The summed E-state index contributed by atoms with van der Waals surface area (Å²) < 4.78 is 5.66. The van der Waals surface area contributed by atoms with E-state index in [1.165, 1.54) is 5.56 Å². The largest absolute Gasteiger partial charge is 0.337 e. The zero-order chi connectivity index (χ0) is 20.5. The SMILES string of the molecule is Cn1ccnc1CN1CC[C@H](n2ccn(-c3ccc(-c4ccccc4)cc3)c2=O)C1. The second-order valence-electron chi connectivity index (χ2n) is 7.90. The Morgan fingerprint density at radius 2 is 1.73 bits per heavy atom. The number of benzene rings is 2. The van der Waals surface area contributed by atoms with Gasteiger partial charge in [-0.1, -0.05) is 42.5 Å². The average molecular weight is 399 g/mol. The minimum Gasteiger partial charge on any atom is -0.337 e. The van der Waals surface area contributed by atoms with Gasteiger partial charge in [-0.2, -0.15) is 0 Å². The van der Waals surface area contributed by atoms with Crippen molar-refractivity contribution >= 4 is 0 Å². The van der Waals surface area contributed by atoms with Crippen LogP contribution in [0.3, 0.4) is 0 Å². The third-order valence-electron chi connectivity index (χ3n) is 5.98. The lowest BCUT2D eigenvalue weighted by Crippen LogP contribution is -2.29. The Kier molecular flexibility index (Phi) is 4.85. The highest BCUT2D eigenvalue weighted by molar-refractivity contribution is 5.64. The molecule has 6 nitrogen and oxygen atoms in total. The number of rotatable bonds is 5. The number of aromatic nitrogens is 4. The molecule has 0 spiro atoms. The Hall–Kier alpha value is -3.38. The lowest BCUT2D eigenvalue weighted by Gasteiger charge is -2.16. The van der Waals surface area contributed by atoms with Crippen LogP contribution in [0, 0.1) is 0 Å². The average Bonchev–Trinajstić information content (AvgIpc) is 3.50. The molecule has 2 aromatic carbocycles. The van der Waals surface area contributed by atoms with E-state index in [1.807, 2.05) is 66.7 Å². The zero-order valence-corrected chi connectivity index (χ0v) is 17.1. The summed E-state index contributed by atoms with van der Waals surface area (Å²) in [6, 6.07) is 18.6. The van der Waals surface area contributed by atoms with Gasteiger partial charge in [0.15, 0.2) is 0 Å². The molecule has 6 heteroatoms. The molecule has 30 heavy (non-hydrogen) atoms. The molecular weight excluding hydrogens is 374 g/mol. The quantitative estimate of drug-likeness (QED) is 0.516. The van der Waals surface area contributed by atoms with Crippen LogP contribution in [-0.2, 0) is 13.6 Å². The molecule has 1 atom stereocenters. The van der Waals surface area contributed by atoms with Crippen LogP contribution >= 0.6 is 0 Å².